The molecular weight excluding hydrogens is 316 g/mol. The molecule has 0 aliphatic carbocycles. The Labute approximate surface area is 159 Å². The monoisotopic (exact) mass is 350 g/mol. The Bertz CT molecular complexity index is 774. The van der Waals surface area contributed by atoms with Crippen LogP contribution in [0.5, 0.6) is 0 Å². The minimum atomic E-state index is 0.460. The smallest absolute Gasteiger partial charge is 0.0667 e. The fourth-order valence-electron chi connectivity index (χ4n) is 3.33. The first kappa shape index (κ1) is 20.2. The second kappa shape index (κ2) is 9.02. The number of hydrogen-bond acceptors (Lipinski definition) is 2. The van der Waals surface area contributed by atoms with Gasteiger partial charge in [0, 0.05) is 17.0 Å². The quantitative estimate of drug-likeness (QED) is 0.424. The van der Waals surface area contributed by atoms with Crippen LogP contribution < -0.4 is 5.73 Å². The van der Waals surface area contributed by atoms with E-state index in [4.69, 9.17) is 10.7 Å². The van der Waals surface area contributed by atoms with Crippen molar-refractivity contribution in [3.8, 4) is 0 Å². The number of hydrogen-bond donors (Lipinski definition) is 1. The molecule has 0 saturated carbocycles. The highest BCUT2D eigenvalue weighted by Crippen LogP contribution is 2.32. The van der Waals surface area contributed by atoms with Gasteiger partial charge in [-0.1, -0.05) is 65.0 Å². The number of nitrogens with zero attached hydrogens (tertiary/aromatic N) is 1. The molecule has 0 amide bonds. The van der Waals surface area contributed by atoms with E-state index < -0.39 is 0 Å². The third kappa shape index (κ3) is 4.35. The number of rotatable bonds is 7. The van der Waals surface area contributed by atoms with Crippen LogP contribution in [-0.2, 0) is 6.42 Å². The first-order chi connectivity index (χ1) is 12.4. The molecule has 0 aromatic heterocycles. The fraction of sp³-hybridized carbons (Fsp3) is 0.458. The minimum absolute atomic E-state index is 0.460. The summed E-state index contributed by atoms with van der Waals surface area (Å²) in [6, 6.07) is 13.0. The van der Waals surface area contributed by atoms with Gasteiger partial charge in [-0.3, -0.25) is 4.99 Å². The average molecular weight is 351 g/mol. The zero-order valence-electron chi connectivity index (χ0n) is 17.3. The van der Waals surface area contributed by atoms with Crippen LogP contribution >= 0.6 is 0 Å². The second-order valence-corrected chi connectivity index (χ2v) is 7.37. The van der Waals surface area contributed by atoms with Gasteiger partial charge in [0.25, 0.3) is 0 Å². The lowest BCUT2D eigenvalue weighted by molar-refractivity contribution is 0.733. The van der Waals surface area contributed by atoms with Crippen LogP contribution in [0.25, 0.3) is 0 Å². The lowest BCUT2D eigenvalue weighted by atomic mass is 9.93. The Balaban J connectivity index is 2.51. The van der Waals surface area contributed by atoms with Crippen molar-refractivity contribution in [1.29, 1.82) is 0 Å². The van der Waals surface area contributed by atoms with E-state index in [0.29, 0.717) is 11.8 Å². The summed E-state index contributed by atoms with van der Waals surface area (Å²) in [7, 11) is 0. The standard InChI is InChI=1S/C24H34N2/c1-7-16(4)20-11-10-12-21(24(20)25)18(6)26-23-14-13-19(9-3)15-22(23)17(5)8-2/h10-17H,7-9,25H2,1-6H3/b26-18-. The van der Waals surface area contributed by atoms with Crippen LogP contribution in [0.1, 0.15) is 88.5 Å². The number of benzene rings is 2. The van der Waals surface area contributed by atoms with Crippen molar-refractivity contribution < 1.29 is 0 Å². The summed E-state index contributed by atoms with van der Waals surface area (Å²) in [6.45, 7) is 13.2. The van der Waals surface area contributed by atoms with Gasteiger partial charge in [-0.2, -0.15) is 0 Å². The maximum absolute atomic E-state index is 6.50. The van der Waals surface area contributed by atoms with Crippen LogP contribution in [0.15, 0.2) is 41.4 Å². The molecule has 0 bridgehead atoms. The first-order valence-electron chi connectivity index (χ1n) is 9.99. The van der Waals surface area contributed by atoms with Crippen LogP contribution in [0.3, 0.4) is 0 Å². The number of para-hydroxylation sites is 1. The van der Waals surface area contributed by atoms with E-state index >= 15 is 0 Å². The zero-order chi connectivity index (χ0) is 19.3. The molecule has 2 aromatic rings. The molecule has 0 saturated heterocycles. The highest BCUT2D eigenvalue weighted by Gasteiger charge is 2.14. The molecule has 2 heteroatoms. The van der Waals surface area contributed by atoms with E-state index in [2.05, 4.69) is 77.9 Å². The fourth-order valence-corrected chi connectivity index (χ4v) is 3.33. The molecule has 2 rings (SSSR count). The molecule has 0 fully saturated rings. The maximum Gasteiger partial charge on any atom is 0.0667 e. The van der Waals surface area contributed by atoms with Crippen molar-refractivity contribution in [1.82, 2.24) is 0 Å². The summed E-state index contributed by atoms with van der Waals surface area (Å²) >= 11 is 0. The van der Waals surface area contributed by atoms with Gasteiger partial charge < -0.3 is 5.73 Å². The first-order valence-corrected chi connectivity index (χ1v) is 9.99. The molecule has 140 valence electrons. The number of aryl methyl sites for hydroxylation is 1. The van der Waals surface area contributed by atoms with Gasteiger partial charge in [0.05, 0.1) is 5.69 Å². The van der Waals surface area contributed by atoms with Crippen LogP contribution in [0.4, 0.5) is 11.4 Å². The summed E-state index contributed by atoms with van der Waals surface area (Å²) in [5.74, 6) is 0.958. The van der Waals surface area contributed by atoms with Crippen LogP contribution in [-0.4, -0.2) is 5.71 Å². The van der Waals surface area contributed by atoms with E-state index in [1.54, 1.807) is 0 Å². The highest BCUT2D eigenvalue weighted by atomic mass is 14.8. The molecule has 2 aromatic carbocycles. The van der Waals surface area contributed by atoms with Gasteiger partial charge in [-0.25, -0.2) is 0 Å². The van der Waals surface area contributed by atoms with Crippen molar-refractivity contribution in [2.24, 2.45) is 4.99 Å². The van der Waals surface area contributed by atoms with Crippen LogP contribution in [0.2, 0.25) is 0 Å². The molecule has 0 radical (unpaired) electrons. The third-order valence-electron chi connectivity index (χ3n) is 5.60. The normalized spacial score (nSPS) is 14.3. The average Bonchev–Trinajstić information content (AvgIpc) is 2.67. The molecule has 0 heterocycles. The van der Waals surface area contributed by atoms with Crippen molar-refractivity contribution in [2.75, 3.05) is 5.73 Å². The van der Waals surface area contributed by atoms with E-state index in [1.165, 1.54) is 16.7 Å². The summed E-state index contributed by atoms with van der Waals surface area (Å²) in [6.07, 6.45) is 3.25. The van der Waals surface area contributed by atoms with Gasteiger partial charge in [-0.15, -0.1) is 0 Å². The Morgan fingerprint density at radius 3 is 2.23 bits per heavy atom. The predicted molar refractivity (Wildman–Crippen MR) is 116 cm³/mol. The van der Waals surface area contributed by atoms with Gasteiger partial charge in [-0.05, 0) is 60.8 Å². The lowest BCUT2D eigenvalue weighted by Crippen LogP contribution is -2.06. The topological polar surface area (TPSA) is 38.4 Å². The Hall–Kier alpha value is -2.09. The van der Waals surface area contributed by atoms with E-state index in [9.17, 15) is 0 Å². The molecule has 0 aliphatic rings. The molecule has 2 N–H and O–H groups in total. The summed E-state index contributed by atoms with van der Waals surface area (Å²) in [4.78, 5) is 5.00. The number of nitrogen functional groups attached to an aromatic ring is 1. The van der Waals surface area contributed by atoms with E-state index in [-0.39, 0.29) is 0 Å². The number of nitrogens with two attached hydrogens (primary N) is 1. The summed E-state index contributed by atoms with van der Waals surface area (Å²) in [5.41, 5.74) is 14.4. The van der Waals surface area contributed by atoms with Crippen molar-refractivity contribution in [3.05, 3.63) is 58.7 Å². The molecule has 2 nitrogen and oxygen atoms in total. The van der Waals surface area contributed by atoms with E-state index in [0.717, 1.165) is 41.9 Å². The zero-order valence-corrected chi connectivity index (χ0v) is 17.3. The molecule has 26 heavy (non-hydrogen) atoms. The SMILES string of the molecule is CCc1ccc(/N=C(/C)c2cccc(C(C)CC)c2N)c(C(C)CC)c1. The molecule has 0 aliphatic heterocycles. The number of anilines is 1. The van der Waals surface area contributed by atoms with Gasteiger partial charge in [0.1, 0.15) is 0 Å². The largest absolute Gasteiger partial charge is 0.398 e. The van der Waals surface area contributed by atoms with Crippen molar-refractivity contribution in [3.63, 3.8) is 0 Å². The maximum atomic E-state index is 6.50. The third-order valence-corrected chi connectivity index (χ3v) is 5.60. The predicted octanol–water partition coefficient (Wildman–Crippen LogP) is 7.00. The molecule has 2 unspecified atom stereocenters. The minimum Gasteiger partial charge on any atom is -0.398 e. The van der Waals surface area contributed by atoms with E-state index in [1.807, 2.05) is 0 Å². The van der Waals surface area contributed by atoms with Gasteiger partial charge in [0.2, 0.25) is 0 Å². The summed E-state index contributed by atoms with van der Waals surface area (Å²) in [5, 5.41) is 0. The summed E-state index contributed by atoms with van der Waals surface area (Å²) < 4.78 is 0. The molecular formula is C24H34N2. The van der Waals surface area contributed by atoms with Gasteiger partial charge >= 0.3 is 0 Å². The second-order valence-electron chi connectivity index (χ2n) is 7.37. The number of aliphatic imine (C=N–C) groups is 1. The highest BCUT2D eigenvalue weighted by molar-refractivity contribution is 6.05. The molecule has 0 spiro atoms. The van der Waals surface area contributed by atoms with Crippen molar-refractivity contribution >= 4 is 17.1 Å². The lowest BCUT2D eigenvalue weighted by Gasteiger charge is -2.17. The Morgan fingerprint density at radius 1 is 0.962 bits per heavy atom. The molecule has 2 atom stereocenters. The van der Waals surface area contributed by atoms with Crippen LogP contribution in [0, 0.1) is 0 Å². The Kier molecular flexibility index (Phi) is 7.02. The van der Waals surface area contributed by atoms with Gasteiger partial charge in [0.15, 0.2) is 0 Å². The Morgan fingerprint density at radius 2 is 1.62 bits per heavy atom. The van der Waals surface area contributed by atoms with Crippen molar-refractivity contribution in [2.45, 2.75) is 72.6 Å².